The van der Waals surface area contributed by atoms with E-state index in [9.17, 15) is 5.11 Å². The molecule has 0 spiro atoms. The molecule has 7 aromatic rings. The smallest absolute Gasteiger partial charge is 0.146 e. The first-order valence-corrected chi connectivity index (χ1v) is 16.8. The van der Waals surface area contributed by atoms with Crippen LogP contribution in [-0.2, 0) is 31.9 Å². The normalized spacial score (nSPS) is 12.0. The Labute approximate surface area is 301 Å². The van der Waals surface area contributed by atoms with Gasteiger partial charge in [-0.25, -0.2) is 9.97 Å². The minimum atomic E-state index is -0.260. The molecule has 0 amide bonds. The molecule has 7 rings (SSSR count). The predicted molar refractivity (Wildman–Crippen MR) is 196 cm³/mol. The molecule has 0 saturated carbocycles. The number of para-hydroxylation sites is 1. The number of aromatic nitrogens is 3. The van der Waals surface area contributed by atoms with E-state index >= 15 is 0 Å². The maximum Gasteiger partial charge on any atom is 0.146 e. The van der Waals surface area contributed by atoms with Crippen LogP contribution in [0.5, 0.6) is 5.75 Å². The summed E-state index contributed by atoms with van der Waals surface area (Å²) in [6.07, 6.45) is 0. The Hall–Kier alpha value is -4.18. The van der Waals surface area contributed by atoms with Crippen molar-refractivity contribution in [2.75, 3.05) is 0 Å². The van der Waals surface area contributed by atoms with Crippen molar-refractivity contribution in [2.45, 2.75) is 62.3 Å². The van der Waals surface area contributed by atoms with Gasteiger partial charge in [0.1, 0.15) is 16.4 Å². The molecule has 244 valence electrons. The van der Waals surface area contributed by atoms with Crippen LogP contribution in [0.15, 0.2) is 125 Å². The maximum absolute atomic E-state index is 12.0. The molecule has 3 heterocycles. The first kappa shape index (κ1) is 33.7. The van der Waals surface area contributed by atoms with Crippen molar-refractivity contribution >= 4 is 33.7 Å². The number of hydrogen-bond acceptors (Lipinski definition) is 4. The minimum Gasteiger partial charge on any atom is -0.505 e. The Morgan fingerprint density at radius 1 is 0.667 bits per heavy atom. The van der Waals surface area contributed by atoms with Gasteiger partial charge < -0.3 is 5.11 Å². The fourth-order valence-corrected chi connectivity index (χ4v) is 6.89. The second kappa shape index (κ2) is 13.0. The zero-order chi connectivity index (χ0) is 32.9. The van der Waals surface area contributed by atoms with Crippen LogP contribution < -0.4 is 0 Å². The van der Waals surface area contributed by atoms with E-state index < -0.39 is 0 Å². The summed E-state index contributed by atoms with van der Waals surface area (Å²) in [5.74, 6) is 0.280. The third-order valence-electron chi connectivity index (χ3n) is 8.59. The van der Waals surface area contributed by atoms with Gasteiger partial charge in [-0.15, -0.1) is 0 Å². The molecule has 4 nitrogen and oxygen atoms in total. The van der Waals surface area contributed by atoms with Gasteiger partial charge in [0, 0.05) is 37.4 Å². The Morgan fingerprint density at radius 3 is 2.10 bits per heavy atom. The molecule has 0 unspecified atom stereocenters. The molecule has 0 saturated heterocycles. The topological polar surface area (TPSA) is 50.9 Å². The largest absolute Gasteiger partial charge is 0.505 e. The number of aromatic hydroxyl groups is 1. The number of pyridine rings is 2. The Bertz CT molecular complexity index is 2250. The van der Waals surface area contributed by atoms with Crippen LogP contribution in [0.25, 0.3) is 50.1 Å². The van der Waals surface area contributed by atoms with Crippen LogP contribution in [0, 0.1) is 6.07 Å². The standard InChI is InChI=1S/C42H38N3OS.Pt/c1-41(2,3)29-25-33(42(4,5)6)39(46)37(26-29)45-36-20-14-13-19-31(36)32-21-22-34(44-40(32)45)35-23-28(27-15-9-7-10-16-27)24-38(43-35)47-30-17-11-8-12-18-30;/h7-17,19-26,46H,1-6H3;/q-1;. The molecule has 0 atom stereocenters. The van der Waals surface area contributed by atoms with Crippen molar-refractivity contribution in [3.05, 3.63) is 132 Å². The van der Waals surface area contributed by atoms with Crippen molar-refractivity contribution in [3.8, 4) is 34.0 Å². The fourth-order valence-electron chi connectivity index (χ4n) is 6.06. The molecule has 1 N–H and O–H groups in total. The molecule has 6 heteroatoms. The van der Waals surface area contributed by atoms with Gasteiger partial charge in [-0.05, 0) is 63.9 Å². The summed E-state index contributed by atoms with van der Waals surface area (Å²) in [6.45, 7) is 13.1. The van der Waals surface area contributed by atoms with E-state index in [1.165, 1.54) is 0 Å². The van der Waals surface area contributed by atoms with E-state index in [2.05, 4.69) is 131 Å². The molecule has 0 aliphatic carbocycles. The fraction of sp³-hybridized carbons (Fsp3) is 0.190. The molecule has 48 heavy (non-hydrogen) atoms. The number of nitrogens with zero attached hydrogens (tertiary/aromatic N) is 3. The quantitative estimate of drug-likeness (QED) is 0.176. The SMILES string of the molecule is CC(C)(C)c1cc(-n2c3ccccc3c3ccc(-c4cc(-c5ccccc5)cc(Sc5[c-]cccc5)n4)nc32)c(O)c(C(C)(C)C)c1.[Pt]. The predicted octanol–water partition coefficient (Wildman–Crippen LogP) is 11.2. The Kier molecular flexibility index (Phi) is 9.15. The molecule has 0 aliphatic rings. The number of phenolic OH excluding ortho intramolecular Hbond substituents is 1. The van der Waals surface area contributed by atoms with Gasteiger partial charge in [0.05, 0.1) is 22.6 Å². The molecule has 3 aromatic heterocycles. The summed E-state index contributed by atoms with van der Waals surface area (Å²) in [4.78, 5) is 11.5. The van der Waals surface area contributed by atoms with Crippen LogP contribution in [0.2, 0.25) is 0 Å². The van der Waals surface area contributed by atoms with Gasteiger partial charge >= 0.3 is 0 Å². The van der Waals surface area contributed by atoms with Crippen molar-refractivity contribution in [2.24, 2.45) is 0 Å². The van der Waals surface area contributed by atoms with Crippen LogP contribution >= 0.6 is 11.8 Å². The van der Waals surface area contributed by atoms with Gasteiger partial charge in [0.2, 0.25) is 0 Å². The summed E-state index contributed by atoms with van der Waals surface area (Å²) >= 11 is 1.59. The van der Waals surface area contributed by atoms with Gasteiger partial charge in [-0.1, -0.05) is 113 Å². The van der Waals surface area contributed by atoms with E-state index in [1.807, 2.05) is 36.4 Å². The third kappa shape index (κ3) is 6.46. The minimum absolute atomic E-state index is 0. The molecule has 0 aliphatic heterocycles. The van der Waals surface area contributed by atoms with E-state index in [-0.39, 0.29) is 37.6 Å². The molecular formula is C42H38N3OPtS-. The first-order valence-electron chi connectivity index (χ1n) is 16.0. The molecule has 0 bridgehead atoms. The monoisotopic (exact) mass is 827 g/mol. The summed E-state index contributed by atoms with van der Waals surface area (Å²) in [7, 11) is 0. The van der Waals surface area contributed by atoms with Gasteiger partial charge in [-0.2, -0.15) is 30.3 Å². The van der Waals surface area contributed by atoms with E-state index in [4.69, 9.17) is 9.97 Å². The van der Waals surface area contributed by atoms with Gasteiger partial charge in [0.25, 0.3) is 0 Å². The molecule has 4 aromatic carbocycles. The van der Waals surface area contributed by atoms with Crippen LogP contribution in [-0.4, -0.2) is 19.6 Å². The third-order valence-corrected chi connectivity index (χ3v) is 9.49. The average Bonchev–Trinajstić information content (AvgIpc) is 3.38. The van der Waals surface area contributed by atoms with Crippen molar-refractivity contribution in [1.29, 1.82) is 0 Å². The maximum atomic E-state index is 12.0. The first-order chi connectivity index (χ1) is 22.5. The molecular weight excluding hydrogens is 790 g/mol. The zero-order valence-corrected chi connectivity index (χ0v) is 31.1. The summed E-state index contributed by atoms with van der Waals surface area (Å²) in [5, 5.41) is 14.9. The van der Waals surface area contributed by atoms with Crippen molar-refractivity contribution in [3.63, 3.8) is 0 Å². The summed E-state index contributed by atoms with van der Waals surface area (Å²) in [6, 6.07) is 42.7. The van der Waals surface area contributed by atoms with Crippen molar-refractivity contribution in [1.82, 2.24) is 14.5 Å². The van der Waals surface area contributed by atoms with Gasteiger partial charge in [-0.3, -0.25) is 4.57 Å². The van der Waals surface area contributed by atoms with Crippen LogP contribution in [0.1, 0.15) is 52.7 Å². The number of phenols is 1. The van der Waals surface area contributed by atoms with Crippen LogP contribution in [0.4, 0.5) is 0 Å². The van der Waals surface area contributed by atoms with E-state index in [1.54, 1.807) is 11.8 Å². The summed E-state index contributed by atoms with van der Waals surface area (Å²) in [5.41, 5.74) is 7.94. The Morgan fingerprint density at radius 2 is 1.40 bits per heavy atom. The number of hydrogen-bond donors (Lipinski definition) is 1. The van der Waals surface area contributed by atoms with Crippen molar-refractivity contribution < 1.29 is 26.2 Å². The molecule has 0 fully saturated rings. The van der Waals surface area contributed by atoms with E-state index in [0.29, 0.717) is 0 Å². The second-order valence-corrected chi connectivity index (χ2v) is 15.1. The number of rotatable bonds is 5. The van der Waals surface area contributed by atoms with Crippen LogP contribution in [0.3, 0.4) is 0 Å². The van der Waals surface area contributed by atoms with Gasteiger partial charge in [0.15, 0.2) is 0 Å². The second-order valence-electron chi connectivity index (χ2n) is 14.1. The number of benzene rings is 4. The average molecular weight is 828 g/mol. The molecule has 0 radical (unpaired) electrons. The Balaban J connectivity index is 0.00000401. The zero-order valence-electron chi connectivity index (χ0n) is 28.0. The summed E-state index contributed by atoms with van der Waals surface area (Å²) < 4.78 is 2.13. The van der Waals surface area contributed by atoms with E-state index in [0.717, 1.165) is 71.2 Å². The number of fused-ring (bicyclic) bond motifs is 3.